The van der Waals surface area contributed by atoms with Gasteiger partial charge in [0.05, 0.1) is 15.0 Å². The number of thiophene rings is 1. The Hall–Kier alpha value is -0.940. The van der Waals surface area contributed by atoms with E-state index in [2.05, 4.69) is 57.2 Å². The number of hydrogen-bond acceptors (Lipinski definition) is 4. The van der Waals surface area contributed by atoms with Gasteiger partial charge in [-0.3, -0.25) is 0 Å². The van der Waals surface area contributed by atoms with E-state index >= 15 is 0 Å². The highest BCUT2D eigenvalue weighted by atomic mass is 79.9. The Morgan fingerprint density at radius 3 is 2.68 bits per heavy atom. The van der Waals surface area contributed by atoms with Crippen LogP contribution in [0.15, 0.2) is 16.6 Å². The van der Waals surface area contributed by atoms with Crippen molar-refractivity contribution >= 4 is 33.1 Å². The van der Waals surface area contributed by atoms with Crippen molar-refractivity contribution in [3.63, 3.8) is 0 Å². The summed E-state index contributed by atoms with van der Waals surface area (Å²) in [5.41, 5.74) is 0.968. The normalized spacial score (nSPS) is 10.7. The first-order chi connectivity index (χ1) is 9.15. The van der Waals surface area contributed by atoms with E-state index in [-0.39, 0.29) is 0 Å². The molecule has 3 nitrogen and oxygen atoms in total. The summed E-state index contributed by atoms with van der Waals surface area (Å²) in [5.74, 6) is 1.69. The van der Waals surface area contributed by atoms with Crippen LogP contribution in [0, 0.1) is 6.92 Å². The maximum absolute atomic E-state index is 4.63. The van der Waals surface area contributed by atoms with Crippen LogP contribution in [0.4, 0.5) is 5.82 Å². The van der Waals surface area contributed by atoms with Gasteiger partial charge in [-0.2, -0.15) is 0 Å². The smallest absolute Gasteiger partial charge is 0.171 e. The SMILES string of the molecule is CCCNc1nc(-c2ccc(CC)s2)nc(C)c1Br. The number of aromatic nitrogens is 2. The number of halogens is 1. The van der Waals surface area contributed by atoms with Crippen molar-refractivity contribution in [2.75, 3.05) is 11.9 Å². The fourth-order valence-electron chi connectivity index (χ4n) is 1.72. The molecule has 0 aliphatic carbocycles. The van der Waals surface area contributed by atoms with E-state index in [0.717, 1.165) is 46.1 Å². The fourth-order valence-corrected chi connectivity index (χ4v) is 2.92. The second kappa shape index (κ2) is 6.48. The molecular formula is C14H18BrN3S. The molecule has 0 atom stereocenters. The minimum absolute atomic E-state index is 0.809. The van der Waals surface area contributed by atoms with Crippen molar-refractivity contribution in [1.82, 2.24) is 9.97 Å². The molecule has 0 unspecified atom stereocenters. The van der Waals surface area contributed by atoms with Gasteiger partial charge in [-0.25, -0.2) is 9.97 Å². The summed E-state index contributed by atoms with van der Waals surface area (Å²) in [6, 6.07) is 4.26. The van der Waals surface area contributed by atoms with Gasteiger partial charge in [0.1, 0.15) is 5.82 Å². The van der Waals surface area contributed by atoms with Crippen LogP contribution in [0.5, 0.6) is 0 Å². The Morgan fingerprint density at radius 2 is 2.05 bits per heavy atom. The molecule has 0 spiro atoms. The number of rotatable bonds is 5. The summed E-state index contributed by atoms with van der Waals surface area (Å²) in [6.07, 6.45) is 2.13. The zero-order valence-corrected chi connectivity index (χ0v) is 13.9. The summed E-state index contributed by atoms with van der Waals surface area (Å²) in [7, 11) is 0. The Bertz CT molecular complexity index is 566. The van der Waals surface area contributed by atoms with E-state index in [9.17, 15) is 0 Å². The lowest BCUT2D eigenvalue weighted by Crippen LogP contribution is -2.05. The van der Waals surface area contributed by atoms with Crippen LogP contribution in [-0.2, 0) is 6.42 Å². The highest BCUT2D eigenvalue weighted by Gasteiger charge is 2.12. The highest BCUT2D eigenvalue weighted by molar-refractivity contribution is 9.10. The van der Waals surface area contributed by atoms with Crippen molar-refractivity contribution < 1.29 is 0 Å². The summed E-state index contributed by atoms with van der Waals surface area (Å²) in [4.78, 5) is 11.7. The van der Waals surface area contributed by atoms with Crippen molar-refractivity contribution in [3.8, 4) is 10.7 Å². The molecule has 0 aromatic carbocycles. The molecule has 5 heteroatoms. The molecule has 102 valence electrons. The van der Waals surface area contributed by atoms with Crippen molar-refractivity contribution in [1.29, 1.82) is 0 Å². The van der Waals surface area contributed by atoms with Gasteiger partial charge < -0.3 is 5.32 Å². The number of hydrogen-bond donors (Lipinski definition) is 1. The molecule has 0 aliphatic heterocycles. The zero-order chi connectivity index (χ0) is 13.8. The van der Waals surface area contributed by atoms with Crippen LogP contribution >= 0.6 is 27.3 Å². The van der Waals surface area contributed by atoms with E-state index in [4.69, 9.17) is 0 Å². The maximum atomic E-state index is 4.63. The Morgan fingerprint density at radius 1 is 1.26 bits per heavy atom. The van der Waals surface area contributed by atoms with Crippen LogP contribution in [-0.4, -0.2) is 16.5 Å². The topological polar surface area (TPSA) is 37.8 Å². The van der Waals surface area contributed by atoms with Gasteiger partial charge >= 0.3 is 0 Å². The standard InChI is InChI=1S/C14H18BrN3S/c1-4-8-16-14-12(15)9(3)17-13(18-14)11-7-6-10(5-2)19-11/h6-7H,4-5,8H2,1-3H3,(H,16,17,18). The molecule has 2 rings (SSSR count). The lowest BCUT2D eigenvalue weighted by atomic mass is 10.3. The summed E-state index contributed by atoms with van der Waals surface area (Å²) in [6.45, 7) is 7.22. The molecule has 0 bridgehead atoms. The molecule has 0 fully saturated rings. The predicted octanol–water partition coefficient (Wildman–Crippen LogP) is 4.66. The first-order valence-electron chi connectivity index (χ1n) is 6.52. The van der Waals surface area contributed by atoms with E-state index < -0.39 is 0 Å². The molecule has 2 aromatic heterocycles. The first kappa shape index (κ1) is 14.5. The quantitative estimate of drug-likeness (QED) is 0.860. The third kappa shape index (κ3) is 3.34. The molecule has 0 radical (unpaired) electrons. The van der Waals surface area contributed by atoms with Crippen LogP contribution in [0.1, 0.15) is 30.8 Å². The van der Waals surface area contributed by atoms with Gasteiger partial charge in [0.25, 0.3) is 0 Å². The second-order valence-corrected chi connectivity index (χ2v) is 6.30. The average Bonchev–Trinajstić information content (AvgIpc) is 2.89. The van der Waals surface area contributed by atoms with Crippen LogP contribution in [0.2, 0.25) is 0 Å². The minimum atomic E-state index is 0.809. The number of anilines is 1. The third-order valence-electron chi connectivity index (χ3n) is 2.79. The molecule has 0 saturated carbocycles. The van der Waals surface area contributed by atoms with Crippen LogP contribution in [0.3, 0.4) is 0 Å². The van der Waals surface area contributed by atoms with Crippen molar-refractivity contribution in [3.05, 3.63) is 27.2 Å². The molecule has 0 saturated heterocycles. The lowest BCUT2D eigenvalue weighted by Gasteiger charge is -2.09. The molecule has 19 heavy (non-hydrogen) atoms. The van der Waals surface area contributed by atoms with Gasteiger partial charge in [0, 0.05) is 11.4 Å². The summed E-state index contributed by atoms with van der Waals surface area (Å²) < 4.78 is 0.956. The molecule has 2 aromatic rings. The number of nitrogens with zero attached hydrogens (tertiary/aromatic N) is 2. The lowest BCUT2D eigenvalue weighted by molar-refractivity contribution is 0.959. The monoisotopic (exact) mass is 339 g/mol. The third-order valence-corrected chi connectivity index (χ3v) is 4.96. The molecule has 0 aliphatic rings. The van der Waals surface area contributed by atoms with Gasteiger partial charge in [-0.1, -0.05) is 13.8 Å². The van der Waals surface area contributed by atoms with E-state index in [0.29, 0.717) is 0 Å². The van der Waals surface area contributed by atoms with Crippen LogP contribution in [0.25, 0.3) is 10.7 Å². The van der Waals surface area contributed by atoms with Gasteiger partial charge in [-0.05, 0) is 47.8 Å². The highest BCUT2D eigenvalue weighted by Crippen LogP contribution is 2.30. The van der Waals surface area contributed by atoms with E-state index in [1.54, 1.807) is 11.3 Å². The Balaban J connectivity index is 2.37. The molecular weight excluding hydrogens is 322 g/mol. The van der Waals surface area contributed by atoms with Gasteiger partial charge in [0.15, 0.2) is 5.82 Å². The van der Waals surface area contributed by atoms with Crippen molar-refractivity contribution in [2.24, 2.45) is 0 Å². The summed E-state index contributed by atoms with van der Waals surface area (Å²) in [5, 5.41) is 3.34. The Kier molecular flexibility index (Phi) is 4.93. The number of aryl methyl sites for hydroxylation is 2. The van der Waals surface area contributed by atoms with Crippen molar-refractivity contribution in [2.45, 2.75) is 33.6 Å². The minimum Gasteiger partial charge on any atom is -0.369 e. The van der Waals surface area contributed by atoms with Crippen LogP contribution < -0.4 is 5.32 Å². The van der Waals surface area contributed by atoms with E-state index in [1.807, 2.05) is 6.92 Å². The maximum Gasteiger partial charge on any atom is 0.171 e. The first-order valence-corrected chi connectivity index (χ1v) is 8.13. The number of nitrogens with one attached hydrogen (secondary N) is 1. The zero-order valence-electron chi connectivity index (χ0n) is 11.5. The van der Waals surface area contributed by atoms with E-state index in [1.165, 1.54) is 4.88 Å². The molecule has 1 N–H and O–H groups in total. The molecule has 2 heterocycles. The fraction of sp³-hybridized carbons (Fsp3) is 0.429. The predicted molar refractivity (Wildman–Crippen MR) is 85.9 cm³/mol. The second-order valence-electron chi connectivity index (χ2n) is 4.34. The summed E-state index contributed by atoms with van der Waals surface area (Å²) >= 11 is 5.32. The van der Waals surface area contributed by atoms with Gasteiger partial charge in [0.2, 0.25) is 0 Å². The van der Waals surface area contributed by atoms with Gasteiger partial charge in [-0.15, -0.1) is 11.3 Å². The average molecular weight is 340 g/mol. The Labute approximate surface area is 126 Å². The largest absolute Gasteiger partial charge is 0.369 e. The molecule has 0 amide bonds.